The van der Waals surface area contributed by atoms with Crippen LogP contribution in [0.25, 0.3) is 16.9 Å². The fourth-order valence-electron chi connectivity index (χ4n) is 2.48. The predicted molar refractivity (Wildman–Crippen MR) is 92.8 cm³/mol. The highest BCUT2D eigenvalue weighted by atomic mass is 35.5. The van der Waals surface area contributed by atoms with Gasteiger partial charge in [-0.15, -0.1) is 0 Å². The lowest BCUT2D eigenvalue weighted by molar-refractivity contribution is 0.865. The molecule has 0 saturated carbocycles. The standard InChI is InChI=1S/C19H16ClN3/c1-13(2)14-6-8-15(9-7-14)19-11-17(12-21)22-23(19)18-5-3-4-16(20)10-18/h3-11,13H,1-2H3. The molecular formula is C19H16ClN3. The highest BCUT2D eigenvalue weighted by molar-refractivity contribution is 6.30. The second-order valence-electron chi connectivity index (χ2n) is 5.70. The normalized spacial score (nSPS) is 10.7. The molecule has 114 valence electrons. The quantitative estimate of drug-likeness (QED) is 0.666. The van der Waals surface area contributed by atoms with Gasteiger partial charge >= 0.3 is 0 Å². The Hall–Kier alpha value is -2.57. The molecule has 4 heteroatoms. The Balaban J connectivity index is 2.12. The van der Waals surface area contributed by atoms with E-state index in [-0.39, 0.29) is 0 Å². The van der Waals surface area contributed by atoms with E-state index in [1.807, 2.05) is 24.3 Å². The van der Waals surface area contributed by atoms with Crippen LogP contribution in [0.15, 0.2) is 54.6 Å². The smallest absolute Gasteiger partial charge is 0.163 e. The largest absolute Gasteiger partial charge is 0.232 e. The number of benzene rings is 2. The Morgan fingerprint density at radius 3 is 2.43 bits per heavy atom. The van der Waals surface area contributed by atoms with E-state index < -0.39 is 0 Å². The molecule has 0 saturated heterocycles. The second kappa shape index (κ2) is 6.28. The van der Waals surface area contributed by atoms with E-state index in [0.29, 0.717) is 16.6 Å². The summed E-state index contributed by atoms with van der Waals surface area (Å²) >= 11 is 6.08. The van der Waals surface area contributed by atoms with Crippen molar-refractivity contribution in [2.24, 2.45) is 0 Å². The zero-order valence-electron chi connectivity index (χ0n) is 13.0. The fraction of sp³-hybridized carbons (Fsp3) is 0.158. The first-order valence-corrected chi connectivity index (χ1v) is 7.82. The van der Waals surface area contributed by atoms with E-state index in [1.54, 1.807) is 10.7 Å². The van der Waals surface area contributed by atoms with Gasteiger partial charge in [-0.05, 0) is 29.7 Å². The van der Waals surface area contributed by atoms with Gasteiger partial charge < -0.3 is 0 Å². The van der Waals surface area contributed by atoms with Crippen LogP contribution in [0.5, 0.6) is 0 Å². The third-order valence-corrected chi connectivity index (χ3v) is 3.98. The van der Waals surface area contributed by atoms with Crippen molar-refractivity contribution in [3.05, 3.63) is 70.9 Å². The van der Waals surface area contributed by atoms with Gasteiger partial charge in [0.2, 0.25) is 0 Å². The molecule has 3 nitrogen and oxygen atoms in total. The molecule has 0 fully saturated rings. The van der Waals surface area contributed by atoms with Gasteiger partial charge in [0, 0.05) is 16.7 Å². The minimum atomic E-state index is 0.382. The summed E-state index contributed by atoms with van der Waals surface area (Å²) in [7, 11) is 0. The monoisotopic (exact) mass is 321 g/mol. The van der Waals surface area contributed by atoms with Crippen molar-refractivity contribution in [2.45, 2.75) is 19.8 Å². The molecule has 3 rings (SSSR count). The zero-order valence-corrected chi connectivity index (χ0v) is 13.7. The van der Waals surface area contributed by atoms with E-state index in [1.165, 1.54) is 5.56 Å². The van der Waals surface area contributed by atoms with E-state index in [4.69, 9.17) is 11.6 Å². The topological polar surface area (TPSA) is 41.6 Å². The van der Waals surface area contributed by atoms with Gasteiger partial charge in [-0.25, -0.2) is 4.68 Å². The van der Waals surface area contributed by atoms with Crippen LogP contribution >= 0.6 is 11.6 Å². The van der Waals surface area contributed by atoms with Crippen molar-refractivity contribution in [1.29, 1.82) is 5.26 Å². The van der Waals surface area contributed by atoms with Crippen LogP contribution in [0.3, 0.4) is 0 Å². The van der Waals surface area contributed by atoms with Gasteiger partial charge in [0.25, 0.3) is 0 Å². The van der Waals surface area contributed by atoms with E-state index >= 15 is 0 Å². The molecule has 2 aromatic carbocycles. The van der Waals surface area contributed by atoms with Crippen LogP contribution < -0.4 is 0 Å². The average Bonchev–Trinajstić information content (AvgIpc) is 2.99. The summed E-state index contributed by atoms with van der Waals surface area (Å²) in [6.45, 7) is 4.33. The highest BCUT2D eigenvalue weighted by Crippen LogP contribution is 2.26. The number of hydrogen-bond donors (Lipinski definition) is 0. The number of halogens is 1. The molecule has 0 unspecified atom stereocenters. The molecule has 1 aromatic heterocycles. The number of nitrogens with zero attached hydrogens (tertiary/aromatic N) is 3. The van der Waals surface area contributed by atoms with E-state index in [2.05, 4.69) is 49.3 Å². The highest BCUT2D eigenvalue weighted by Gasteiger charge is 2.12. The molecule has 23 heavy (non-hydrogen) atoms. The molecule has 0 aliphatic rings. The Bertz CT molecular complexity index is 870. The number of rotatable bonds is 3. The Morgan fingerprint density at radius 2 is 1.83 bits per heavy atom. The van der Waals surface area contributed by atoms with Crippen LogP contribution in [0.4, 0.5) is 0 Å². The van der Waals surface area contributed by atoms with E-state index in [0.717, 1.165) is 16.9 Å². The lowest BCUT2D eigenvalue weighted by Gasteiger charge is -2.10. The van der Waals surface area contributed by atoms with Gasteiger partial charge in [0.1, 0.15) is 6.07 Å². The lowest BCUT2D eigenvalue weighted by atomic mass is 10.0. The Labute approximate surface area is 140 Å². The Morgan fingerprint density at radius 1 is 1.09 bits per heavy atom. The first kappa shape index (κ1) is 15.3. The molecule has 0 radical (unpaired) electrons. The maximum atomic E-state index is 9.19. The molecule has 0 bridgehead atoms. The Kier molecular flexibility index (Phi) is 4.18. The van der Waals surface area contributed by atoms with Crippen molar-refractivity contribution in [1.82, 2.24) is 9.78 Å². The third-order valence-electron chi connectivity index (χ3n) is 3.75. The van der Waals surface area contributed by atoms with E-state index in [9.17, 15) is 5.26 Å². The molecule has 0 spiro atoms. The number of nitriles is 1. The number of hydrogen-bond acceptors (Lipinski definition) is 2. The van der Waals surface area contributed by atoms with Crippen molar-refractivity contribution in [3.63, 3.8) is 0 Å². The molecule has 0 aliphatic carbocycles. The summed E-state index contributed by atoms with van der Waals surface area (Å²) < 4.78 is 1.76. The first-order valence-electron chi connectivity index (χ1n) is 7.45. The zero-order chi connectivity index (χ0) is 16.4. The lowest BCUT2D eigenvalue weighted by Crippen LogP contribution is -1.99. The van der Waals surface area contributed by atoms with Gasteiger partial charge in [-0.1, -0.05) is 55.8 Å². The summed E-state index contributed by atoms with van der Waals surface area (Å²) in [6.07, 6.45) is 0. The number of aromatic nitrogens is 2. The molecule has 1 heterocycles. The maximum Gasteiger partial charge on any atom is 0.163 e. The van der Waals surface area contributed by atoms with Crippen LogP contribution in [-0.4, -0.2) is 9.78 Å². The van der Waals surface area contributed by atoms with Gasteiger partial charge in [-0.2, -0.15) is 10.4 Å². The van der Waals surface area contributed by atoms with Crippen LogP contribution in [0, 0.1) is 11.3 Å². The van der Waals surface area contributed by atoms with Crippen molar-refractivity contribution >= 4 is 11.6 Å². The molecule has 3 aromatic rings. The van der Waals surface area contributed by atoms with Gasteiger partial charge in [0.15, 0.2) is 5.69 Å². The van der Waals surface area contributed by atoms with Gasteiger partial charge in [-0.3, -0.25) is 0 Å². The average molecular weight is 322 g/mol. The molecule has 0 atom stereocenters. The molecule has 0 N–H and O–H groups in total. The van der Waals surface area contributed by atoms with Crippen molar-refractivity contribution < 1.29 is 0 Å². The summed E-state index contributed by atoms with van der Waals surface area (Å²) in [5.74, 6) is 0.483. The van der Waals surface area contributed by atoms with Crippen LogP contribution in [0.2, 0.25) is 5.02 Å². The minimum Gasteiger partial charge on any atom is -0.232 e. The maximum absolute atomic E-state index is 9.19. The summed E-state index contributed by atoms with van der Waals surface area (Å²) in [6, 6.07) is 19.7. The van der Waals surface area contributed by atoms with Crippen LogP contribution in [-0.2, 0) is 0 Å². The fourth-order valence-corrected chi connectivity index (χ4v) is 2.67. The molecular weight excluding hydrogens is 306 g/mol. The summed E-state index contributed by atoms with van der Waals surface area (Å²) in [5, 5.41) is 14.2. The molecule has 0 amide bonds. The molecule has 0 aliphatic heterocycles. The van der Waals surface area contributed by atoms with Crippen molar-refractivity contribution in [3.8, 4) is 23.0 Å². The first-order chi connectivity index (χ1) is 11.1. The van der Waals surface area contributed by atoms with Crippen LogP contribution in [0.1, 0.15) is 31.0 Å². The summed E-state index contributed by atoms with van der Waals surface area (Å²) in [5.41, 5.74) is 4.39. The SMILES string of the molecule is CC(C)c1ccc(-c2cc(C#N)nn2-c2cccc(Cl)c2)cc1. The third kappa shape index (κ3) is 3.13. The summed E-state index contributed by atoms with van der Waals surface area (Å²) in [4.78, 5) is 0. The predicted octanol–water partition coefficient (Wildman–Crippen LogP) is 5.19. The second-order valence-corrected chi connectivity index (χ2v) is 6.13. The van der Waals surface area contributed by atoms with Crippen molar-refractivity contribution in [2.75, 3.05) is 0 Å². The minimum absolute atomic E-state index is 0.382. The van der Waals surface area contributed by atoms with Gasteiger partial charge in [0.05, 0.1) is 11.4 Å².